The lowest BCUT2D eigenvalue weighted by Gasteiger charge is -2.25. The van der Waals surface area contributed by atoms with Crippen LogP contribution in [0.4, 0.5) is 0 Å². The van der Waals surface area contributed by atoms with Crippen LogP contribution in [-0.2, 0) is 14.3 Å². The quantitative estimate of drug-likeness (QED) is 0.635. The highest BCUT2D eigenvalue weighted by Crippen LogP contribution is 2.43. The zero-order chi connectivity index (χ0) is 15.7. The van der Waals surface area contributed by atoms with E-state index in [1.54, 1.807) is 18.9 Å². The molecule has 0 N–H and O–H groups in total. The third kappa shape index (κ3) is 2.41. The van der Waals surface area contributed by atoms with E-state index in [-0.39, 0.29) is 17.9 Å². The van der Waals surface area contributed by atoms with Crippen molar-refractivity contribution in [2.45, 2.75) is 32.7 Å². The van der Waals surface area contributed by atoms with Crippen LogP contribution < -0.4 is 0 Å². The first-order valence-corrected chi connectivity index (χ1v) is 7.64. The molecule has 0 aliphatic carbocycles. The maximum atomic E-state index is 12.2. The lowest BCUT2D eigenvalue weighted by molar-refractivity contribution is -0.138. The number of hydrazine groups is 1. The Morgan fingerprint density at radius 1 is 1.32 bits per heavy atom. The highest BCUT2D eigenvalue weighted by atomic mass is 16.5. The van der Waals surface area contributed by atoms with Crippen LogP contribution in [0, 0.1) is 0 Å². The molecule has 1 aromatic carbocycles. The molecular weight excluding hydrogens is 280 g/mol. The van der Waals surface area contributed by atoms with Crippen molar-refractivity contribution in [3.05, 3.63) is 47.2 Å². The number of esters is 1. The molecule has 2 heterocycles. The zero-order valence-electron chi connectivity index (χ0n) is 12.9. The molecule has 0 saturated carbocycles. The maximum Gasteiger partial charge on any atom is 0.335 e. The molecule has 2 saturated heterocycles. The van der Waals surface area contributed by atoms with Gasteiger partial charge in [-0.3, -0.25) is 4.79 Å². The van der Waals surface area contributed by atoms with Gasteiger partial charge in [-0.15, -0.1) is 0 Å². The molecule has 2 fully saturated rings. The third-order valence-electron chi connectivity index (χ3n) is 4.25. The highest BCUT2D eigenvalue weighted by molar-refractivity contribution is 5.90. The summed E-state index contributed by atoms with van der Waals surface area (Å²) in [7, 11) is 0. The Bertz CT molecular complexity index is 624. The minimum absolute atomic E-state index is 0.0529. The van der Waals surface area contributed by atoms with E-state index in [1.165, 1.54) is 0 Å². The molecule has 22 heavy (non-hydrogen) atoms. The topological polar surface area (TPSA) is 49.9 Å². The minimum Gasteiger partial charge on any atom is -0.463 e. The fraction of sp³-hybridized carbons (Fsp3) is 0.412. The Hall–Kier alpha value is -2.14. The maximum absolute atomic E-state index is 12.2. The van der Waals surface area contributed by atoms with Gasteiger partial charge in [-0.25, -0.2) is 14.8 Å². The smallest absolute Gasteiger partial charge is 0.335 e. The van der Waals surface area contributed by atoms with Crippen molar-refractivity contribution in [2.24, 2.45) is 0 Å². The van der Waals surface area contributed by atoms with Gasteiger partial charge in [-0.2, -0.15) is 0 Å². The first-order chi connectivity index (χ1) is 10.6. The Kier molecular flexibility index (Phi) is 3.98. The van der Waals surface area contributed by atoms with Gasteiger partial charge >= 0.3 is 5.97 Å². The predicted molar refractivity (Wildman–Crippen MR) is 81.3 cm³/mol. The first kappa shape index (κ1) is 14.8. The van der Waals surface area contributed by atoms with E-state index in [1.807, 2.05) is 18.2 Å². The van der Waals surface area contributed by atoms with Crippen LogP contribution in [0.5, 0.6) is 0 Å². The summed E-state index contributed by atoms with van der Waals surface area (Å²) >= 11 is 0. The molecular formula is C17H20N2O3. The van der Waals surface area contributed by atoms with Crippen molar-refractivity contribution in [3.63, 3.8) is 0 Å². The fourth-order valence-corrected chi connectivity index (χ4v) is 3.17. The fourth-order valence-electron chi connectivity index (χ4n) is 3.17. The minimum atomic E-state index is -0.342. The summed E-state index contributed by atoms with van der Waals surface area (Å²) in [5, 5.41) is 3.75. The molecule has 5 heteroatoms. The first-order valence-electron chi connectivity index (χ1n) is 7.64. The van der Waals surface area contributed by atoms with Crippen LogP contribution in [0.3, 0.4) is 0 Å². The van der Waals surface area contributed by atoms with Crippen LogP contribution in [0.25, 0.3) is 0 Å². The van der Waals surface area contributed by atoms with Gasteiger partial charge in [0.15, 0.2) is 0 Å². The van der Waals surface area contributed by atoms with E-state index >= 15 is 0 Å². The summed E-state index contributed by atoms with van der Waals surface area (Å²) in [6, 6.07) is 10.2. The number of amides is 1. The molecule has 0 bridgehead atoms. The van der Waals surface area contributed by atoms with Gasteiger partial charge in [0.05, 0.1) is 23.9 Å². The number of ether oxygens (including phenoxy) is 1. The number of hydrogen-bond acceptors (Lipinski definition) is 4. The average molecular weight is 300 g/mol. The summed E-state index contributed by atoms with van der Waals surface area (Å²) in [5.41, 5.74) is 2.46. The van der Waals surface area contributed by atoms with Crippen molar-refractivity contribution in [1.82, 2.24) is 10.0 Å². The van der Waals surface area contributed by atoms with E-state index in [2.05, 4.69) is 17.1 Å². The molecule has 2 aliphatic rings. The van der Waals surface area contributed by atoms with E-state index in [0.717, 1.165) is 11.3 Å². The van der Waals surface area contributed by atoms with E-state index in [0.29, 0.717) is 31.6 Å². The van der Waals surface area contributed by atoms with Gasteiger partial charge in [0, 0.05) is 19.4 Å². The van der Waals surface area contributed by atoms with Crippen LogP contribution in [0.1, 0.15) is 38.3 Å². The predicted octanol–water partition coefficient (Wildman–Crippen LogP) is 2.42. The Morgan fingerprint density at radius 2 is 2.05 bits per heavy atom. The number of fused-ring (bicyclic) bond motifs is 1. The average Bonchev–Trinajstić information content (AvgIpc) is 3.09. The second-order valence-electron chi connectivity index (χ2n) is 5.54. The standard InChI is InChI=1S/C17H20N2O3/c1-3-22-17(21)12(2)14-11-15(13-7-5-4-6-8-13)18-10-9-16(20)19(14)18/h4-8,15H,3,9-11H2,1-2H3/b14-12+. The number of hydrogen-bond donors (Lipinski definition) is 0. The summed E-state index contributed by atoms with van der Waals surface area (Å²) < 4.78 is 5.09. The molecule has 3 rings (SSSR count). The summed E-state index contributed by atoms with van der Waals surface area (Å²) in [6.07, 6.45) is 1.14. The number of benzene rings is 1. The van der Waals surface area contributed by atoms with Gasteiger partial charge in [-0.1, -0.05) is 30.3 Å². The van der Waals surface area contributed by atoms with Crippen molar-refractivity contribution < 1.29 is 14.3 Å². The molecule has 0 radical (unpaired) electrons. The van der Waals surface area contributed by atoms with Gasteiger partial charge < -0.3 is 4.74 Å². The molecule has 0 spiro atoms. The molecule has 1 amide bonds. The molecule has 0 aromatic heterocycles. The Morgan fingerprint density at radius 3 is 2.73 bits per heavy atom. The monoisotopic (exact) mass is 300 g/mol. The summed E-state index contributed by atoms with van der Waals surface area (Å²) in [4.78, 5) is 24.3. The van der Waals surface area contributed by atoms with Crippen molar-refractivity contribution in [1.29, 1.82) is 0 Å². The molecule has 1 aromatic rings. The van der Waals surface area contributed by atoms with Crippen LogP contribution in [0.15, 0.2) is 41.6 Å². The van der Waals surface area contributed by atoms with Gasteiger partial charge in [0.25, 0.3) is 0 Å². The number of carbonyl (C=O) groups is 2. The SMILES string of the molecule is CCOC(=O)/C(C)=C1\CC(c2ccccc2)N2CCC(=O)N12. The molecule has 2 aliphatic heterocycles. The highest BCUT2D eigenvalue weighted by Gasteiger charge is 2.44. The molecule has 5 nitrogen and oxygen atoms in total. The number of rotatable bonds is 3. The number of carbonyl (C=O) groups excluding carboxylic acids is 2. The van der Waals surface area contributed by atoms with Crippen molar-refractivity contribution in [3.8, 4) is 0 Å². The van der Waals surface area contributed by atoms with Crippen molar-refractivity contribution >= 4 is 11.9 Å². The molecule has 116 valence electrons. The van der Waals surface area contributed by atoms with Gasteiger partial charge in [0.1, 0.15) is 0 Å². The Balaban J connectivity index is 1.97. The van der Waals surface area contributed by atoms with Gasteiger partial charge in [-0.05, 0) is 19.4 Å². The van der Waals surface area contributed by atoms with Crippen LogP contribution in [-0.4, -0.2) is 35.0 Å². The third-order valence-corrected chi connectivity index (χ3v) is 4.25. The van der Waals surface area contributed by atoms with Gasteiger partial charge in [0.2, 0.25) is 5.91 Å². The van der Waals surface area contributed by atoms with Crippen LogP contribution in [0.2, 0.25) is 0 Å². The number of nitrogens with zero attached hydrogens (tertiary/aromatic N) is 2. The van der Waals surface area contributed by atoms with E-state index in [9.17, 15) is 9.59 Å². The summed E-state index contributed by atoms with van der Waals surface area (Å²) in [6.45, 7) is 4.55. The van der Waals surface area contributed by atoms with Crippen molar-refractivity contribution in [2.75, 3.05) is 13.2 Å². The molecule has 1 atom stereocenters. The largest absolute Gasteiger partial charge is 0.463 e. The second-order valence-corrected chi connectivity index (χ2v) is 5.54. The second kappa shape index (κ2) is 5.93. The van der Waals surface area contributed by atoms with E-state index in [4.69, 9.17) is 4.74 Å². The lowest BCUT2D eigenvalue weighted by Crippen LogP contribution is -2.33. The normalized spacial score (nSPS) is 23.6. The molecule has 1 unspecified atom stereocenters. The van der Waals surface area contributed by atoms with E-state index < -0.39 is 0 Å². The zero-order valence-corrected chi connectivity index (χ0v) is 12.9. The Labute approximate surface area is 130 Å². The lowest BCUT2D eigenvalue weighted by atomic mass is 10.0. The summed E-state index contributed by atoms with van der Waals surface area (Å²) in [5.74, 6) is -0.289. The van der Waals surface area contributed by atoms with Crippen LogP contribution >= 0.6 is 0 Å².